The van der Waals surface area contributed by atoms with Gasteiger partial charge in [-0.25, -0.2) is 8.42 Å². The number of sulfonamides is 1. The van der Waals surface area contributed by atoms with Gasteiger partial charge in [0.15, 0.2) is 5.82 Å². The van der Waals surface area contributed by atoms with E-state index in [0.717, 1.165) is 5.56 Å². The second-order valence-corrected chi connectivity index (χ2v) is 7.64. The van der Waals surface area contributed by atoms with E-state index in [1.165, 1.54) is 10.9 Å². The Labute approximate surface area is 125 Å². The highest BCUT2D eigenvalue weighted by Gasteiger charge is 2.21. The number of benzene rings is 1. The Morgan fingerprint density at radius 1 is 1.19 bits per heavy atom. The summed E-state index contributed by atoms with van der Waals surface area (Å²) in [5, 5.41) is 3.84. The van der Waals surface area contributed by atoms with Crippen LogP contribution in [0.5, 0.6) is 0 Å². The van der Waals surface area contributed by atoms with Gasteiger partial charge in [0.05, 0.1) is 0 Å². The summed E-state index contributed by atoms with van der Waals surface area (Å²) in [7, 11) is -2.11. The molecule has 0 amide bonds. The topological polar surface area (TPSA) is 90.0 Å². The van der Waals surface area contributed by atoms with Crippen molar-refractivity contribution in [2.45, 2.75) is 31.1 Å². The molecule has 0 aliphatic rings. The highest BCUT2D eigenvalue weighted by molar-refractivity contribution is 7.92. The lowest BCUT2D eigenvalue weighted by molar-refractivity contribution is 0.590. The third kappa shape index (κ3) is 3.36. The van der Waals surface area contributed by atoms with E-state index in [1.807, 2.05) is 12.1 Å². The molecule has 7 heteroatoms. The number of nitrogens with zero attached hydrogens (tertiary/aromatic N) is 2. The van der Waals surface area contributed by atoms with Crippen molar-refractivity contribution < 1.29 is 8.42 Å². The molecule has 1 heterocycles. The molecule has 1 aromatic carbocycles. The first-order chi connectivity index (χ1) is 9.59. The summed E-state index contributed by atoms with van der Waals surface area (Å²) in [6, 6.07) is 7.30. The lowest BCUT2D eigenvalue weighted by Gasteiger charge is -2.19. The van der Waals surface area contributed by atoms with Crippen molar-refractivity contribution in [3.63, 3.8) is 0 Å². The molecule has 0 saturated carbocycles. The lowest BCUT2D eigenvalue weighted by Crippen LogP contribution is -2.15. The molecule has 0 unspecified atom stereocenters. The van der Waals surface area contributed by atoms with E-state index in [4.69, 9.17) is 5.73 Å². The smallest absolute Gasteiger partial charge is 0.267 e. The molecule has 2 aromatic rings. The molecule has 0 atom stereocenters. The molecule has 2 rings (SSSR count). The number of hydrogen-bond donors (Lipinski definition) is 2. The zero-order valence-corrected chi connectivity index (χ0v) is 13.4. The van der Waals surface area contributed by atoms with Gasteiger partial charge in [-0.15, -0.1) is 0 Å². The summed E-state index contributed by atoms with van der Waals surface area (Å²) in [5.74, 6) is -0.0173. The summed E-state index contributed by atoms with van der Waals surface area (Å²) >= 11 is 0. The molecule has 6 nitrogen and oxygen atoms in total. The van der Waals surface area contributed by atoms with Crippen LogP contribution in [0.1, 0.15) is 26.3 Å². The molecule has 0 saturated heterocycles. The molecule has 21 heavy (non-hydrogen) atoms. The van der Waals surface area contributed by atoms with Crippen LogP contribution in [-0.2, 0) is 22.5 Å². The Morgan fingerprint density at radius 2 is 1.76 bits per heavy atom. The number of nitrogen functional groups attached to an aromatic ring is 1. The van der Waals surface area contributed by atoms with Crippen LogP contribution in [0.2, 0.25) is 0 Å². The maximum absolute atomic E-state index is 12.3. The van der Waals surface area contributed by atoms with Gasteiger partial charge in [0.25, 0.3) is 10.0 Å². The number of anilines is 2. The van der Waals surface area contributed by atoms with E-state index in [2.05, 4.69) is 30.6 Å². The first-order valence-electron chi connectivity index (χ1n) is 6.52. The van der Waals surface area contributed by atoms with Crippen molar-refractivity contribution in [2.24, 2.45) is 7.05 Å². The fraction of sp³-hybridized carbons (Fsp3) is 0.357. The van der Waals surface area contributed by atoms with E-state index in [0.29, 0.717) is 5.69 Å². The van der Waals surface area contributed by atoms with Crippen molar-refractivity contribution in [1.82, 2.24) is 9.78 Å². The first-order valence-corrected chi connectivity index (χ1v) is 8.00. The minimum Gasteiger partial charge on any atom is -0.381 e. The average Bonchev–Trinajstić information content (AvgIpc) is 2.68. The van der Waals surface area contributed by atoms with Crippen molar-refractivity contribution in [3.8, 4) is 0 Å². The predicted molar refractivity (Wildman–Crippen MR) is 83.6 cm³/mol. The van der Waals surface area contributed by atoms with Gasteiger partial charge >= 0.3 is 0 Å². The molecule has 0 bridgehead atoms. The van der Waals surface area contributed by atoms with Crippen LogP contribution >= 0.6 is 0 Å². The summed E-state index contributed by atoms with van der Waals surface area (Å²) in [5.41, 5.74) is 7.25. The summed E-state index contributed by atoms with van der Waals surface area (Å²) in [4.78, 5) is -0.0232. The monoisotopic (exact) mass is 308 g/mol. The van der Waals surface area contributed by atoms with E-state index in [9.17, 15) is 8.42 Å². The van der Waals surface area contributed by atoms with Crippen LogP contribution in [-0.4, -0.2) is 18.2 Å². The number of aryl methyl sites for hydroxylation is 1. The molecular weight excluding hydrogens is 288 g/mol. The Balaban J connectivity index is 2.27. The van der Waals surface area contributed by atoms with Gasteiger partial charge < -0.3 is 5.73 Å². The van der Waals surface area contributed by atoms with Gasteiger partial charge in [-0.3, -0.25) is 9.40 Å². The first kappa shape index (κ1) is 15.4. The fourth-order valence-corrected chi connectivity index (χ4v) is 3.10. The van der Waals surface area contributed by atoms with Crippen LogP contribution in [0.15, 0.2) is 35.4 Å². The minimum absolute atomic E-state index is 0.0173. The van der Waals surface area contributed by atoms with E-state index in [1.54, 1.807) is 19.2 Å². The van der Waals surface area contributed by atoms with Crippen LogP contribution in [0.4, 0.5) is 11.5 Å². The predicted octanol–water partition coefficient (Wildman–Crippen LogP) is 2.10. The third-order valence-corrected chi connectivity index (χ3v) is 4.51. The zero-order valence-electron chi connectivity index (χ0n) is 12.6. The summed E-state index contributed by atoms with van der Waals surface area (Å²) in [6.45, 7) is 6.30. The quantitative estimate of drug-likeness (QED) is 0.908. The number of nitrogens with one attached hydrogen (secondary N) is 1. The maximum Gasteiger partial charge on any atom is 0.267 e. The van der Waals surface area contributed by atoms with Crippen molar-refractivity contribution in [1.29, 1.82) is 0 Å². The summed E-state index contributed by atoms with van der Waals surface area (Å²) in [6.07, 6.45) is 1.38. The Bertz CT molecular complexity index is 740. The van der Waals surface area contributed by atoms with Crippen LogP contribution in [0.3, 0.4) is 0 Å². The van der Waals surface area contributed by atoms with Gasteiger partial charge in [0.1, 0.15) is 4.90 Å². The number of rotatable bonds is 3. The lowest BCUT2D eigenvalue weighted by atomic mass is 9.87. The SMILES string of the molecule is Cn1cc(S(=O)(=O)Nc2ccc(C(C)(C)C)cc2)c(N)n1. The number of nitrogens with two attached hydrogens (primary N) is 1. The minimum atomic E-state index is -3.73. The second kappa shape index (κ2) is 5.07. The standard InChI is InChI=1S/C14H20N4O2S/c1-14(2,3)10-5-7-11(8-6-10)17-21(19,20)12-9-18(4)16-13(12)15/h5-9,17H,1-4H3,(H2,15,16). The highest BCUT2D eigenvalue weighted by atomic mass is 32.2. The normalized spacial score (nSPS) is 12.4. The molecule has 3 N–H and O–H groups in total. The summed E-state index contributed by atoms with van der Waals surface area (Å²) < 4.78 is 28.4. The molecule has 0 radical (unpaired) electrons. The average molecular weight is 308 g/mol. The largest absolute Gasteiger partial charge is 0.381 e. The Hall–Kier alpha value is -2.02. The fourth-order valence-electron chi connectivity index (χ4n) is 1.94. The Morgan fingerprint density at radius 3 is 2.19 bits per heavy atom. The van der Waals surface area contributed by atoms with Crippen molar-refractivity contribution in [2.75, 3.05) is 10.5 Å². The molecule has 0 aliphatic heterocycles. The van der Waals surface area contributed by atoms with Crippen LogP contribution < -0.4 is 10.5 Å². The molecule has 0 fully saturated rings. The van der Waals surface area contributed by atoms with Gasteiger partial charge in [0.2, 0.25) is 0 Å². The maximum atomic E-state index is 12.3. The zero-order chi connectivity index (χ0) is 15.8. The molecule has 0 aliphatic carbocycles. The van der Waals surface area contributed by atoms with E-state index in [-0.39, 0.29) is 16.1 Å². The number of aromatic nitrogens is 2. The van der Waals surface area contributed by atoms with Gasteiger partial charge in [-0.2, -0.15) is 5.10 Å². The van der Waals surface area contributed by atoms with Crippen LogP contribution in [0, 0.1) is 0 Å². The highest BCUT2D eigenvalue weighted by Crippen LogP contribution is 2.25. The number of hydrogen-bond acceptors (Lipinski definition) is 4. The Kier molecular flexibility index (Phi) is 3.71. The molecule has 114 valence electrons. The van der Waals surface area contributed by atoms with Gasteiger partial charge in [-0.1, -0.05) is 32.9 Å². The van der Waals surface area contributed by atoms with Gasteiger partial charge in [0, 0.05) is 18.9 Å². The van der Waals surface area contributed by atoms with E-state index >= 15 is 0 Å². The van der Waals surface area contributed by atoms with Crippen molar-refractivity contribution in [3.05, 3.63) is 36.0 Å². The van der Waals surface area contributed by atoms with Gasteiger partial charge in [-0.05, 0) is 23.1 Å². The molecular formula is C14H20N4O2S. The molecule has 1 aromatic heterocycles. The molecule has 0 spiro atoms. The van der Waals surface area contributed by atoms with Crippen LogP contribution in [0.25, 0.3) is 0 Å². The van der Waals surface area contributed by atoms with Crippen molar-refractivity contribution >= 4 is 21.5 Å². The third-order valence-electron chi connectivity index (χ3n) is 3.11. The van der Waals surface area contributed by atoms with E-state index < -0.39 is 10.0 Å². The second-order valence-electron chi connectivity index (χ2n) is 5.99.